The van der Waals surface area contributed by atoms with Gasteiger partial charge >= 0.3 is 12.1 Å². The molecule has 2 heterocycles. The van der Waals surface area contributed by atoms with E-state index in [-0.39, 0.29) is 22.5 Å². The molecular formula is C27H36F3N5O5S. The van der Waals surface area contributed by atoms with E-state index in [1.54, 1.807) is 18.2 Å². The van der Waals surface area contributed by atoms with Crippen molar-refractivity contribution < 1.29 is 36.3 Å². The highest BCUT2D eigenvalue weighted by Gasteiger charge is 2.38. The molecule has 14 heteroatoms. The standard InChI is InChI=1S/C25H35N5O3S.C2HF3O2/c1-18(2)19-8-10-22(11-9-19)34(32,33)29-21-16-23(25(31)28-20-6-4-3-5-7-20)24(27-17-21)30-14-12-26-13-15-30;3-2(4,5)1(6)7/h8-11,16-18,20,26,29H,3-7,12-15H2,1-2H3,(H,28,31);(H,6,7). The fraction of sp³-hybridized carbons (Fsp3) is 0.519. The monoisotopic (exact) mass is 599 g/mol. The van der Waals surface area contributed by atoms with Gasteiger partial charge < -0.3 is 20.6 Å². The maximum Gasteiger partial charge on any atom is 0.490 e. The number of nitrogens with zero attached hydrogens (tertiary/aromatic N) is 2. The normalized spacial score (nSPS) is 16.5. The lowest BCUT2D eigenvalue weighted by atomic mass is 9.95. The minimum absolute atomic E-state index is 0.150. The first kappa shape index (κ1) is 32.1. The highest BCUT2D eigenvalue weighted by Crippen LogP contribution is 2.26. The average Bonchev–Trinajstić information content (AvgIpc) is 2.93. The summed E-state index contributed by atoms with van der Waals surface area (Å²) in [6.45, 7) is 7.23. The summed E-state index contributed by atoms with van der Waals surface area (Å²) < 4.78 is 60.4. The number of anilines is 2. The van der Waals surface area contributed by atoms with Gasteiger partial charge in [0, 0.05) is 32.2 Å². The Labute approximate surface area is 237 Å². The molecule has 2 aliphatic rings. The van der Waals surface area contributed by atoms with E-state index in [2.05, 4.69) is 39.1 Å². The van der Waals surface area contributed by atoms with E-state index < -0.39 is 22.2 Å². The number of piperazine rings is 1. The van der Waals surface area contributed by atoms with E-state index in [9.17, 15) is 26.4 Å². The molecule has 1 aromatic heterocycles. The Morgan fingerprint density at radius 3 is 2.20 bits per heavy atom. The van der Waals surface area contributed by atoms with E-state index in [1.165, 1.54) is 12.6 Å². The number of aliphatic carboxylic acids is 1. The van der Waals surface area contributed by atoms with Crippen molar-refractivity contribution >= 4 is 33.4 Å². The van der Waals surface area contributed by atoms with Crippen LogP contribution in [0.5, 0.6) is 0 Å². The molecule has 1 aliphatic carbocycles. The lowest BCUT2D eigenvalue weighted by Gasteiger charge is -2.30. The predicted molar refractivity (Wildman–Crippen MR) is 149 cm³/mol. The van der Waals surface area contributed by atoms with Gasteiger partial charge in [-0.05, 0) is 42.5 Å². The van der Waals surface area contributed by atoms with E-state index in [4.69, 9.17) is 9.90 Å². The van der Waals surface area contributed by atoms with Crippen molar-refractivity contribution in [1.29, 1.82) is 0 Å². The number of carbonyl (C=O) groups is 2. The second-order valence-electron chi connectivity index (χ2n) is 10.3. The maximum atomic E-state index is 13.3. The molecule has 0 spiro atoms. The number of nitrogens with one attached hydrogen (secondary N) is 3. The lowest BCUT2D eigenvalue weighted by molar-refractivity contribution is -0.192. The van der Waals surface area contributed by atoms with Crippen LogP contribution < -0.4 is 20.3 Å². The molecule has 1 saturated carbocycles. The molecule has 1 aromatic carbocycles. The second-order valence-corrected chi connectivity index (χ2v) is 12.0. The van der Waals surface area contributed by atoms with Gasteiger partial charge in [0.05, 0.1) is 22.3 Å². The Balaban J connectivity index is 0.000000587. The molecule has 2 fully saturated rings. The minimum Gasteiger partial charge on any atom is -0.475 e. The molecule has 226 valence electrons. The number of sulfonamides is 1. The molecule has 4 rings (SSSR count). The Kier molecular flexibility index (Phi) is 11.0. The first-order valence-corrected chi connectivity index (χ1v) is 15.0. The molecular weight excluding hydrogens is 563 g/mol. The van der Waals surface area contributed by atoms with Gasteiger partial charge in [0.15, 0.2) is 0 Å². The van der Waals surface area contributed by atoms with Crippen LogP contribution in [0.2, 0.25) is 0 Å². The molecule has 1 amide bonds. The zero-order valence-electron chi connectivity index (χ0n) is 23.0. The Morgan fingerprint density at radius 2 is 1.66 bits per heavy atom. The molecule has 41 heavy (non-hydrogen) atoms. The number of hydrogen-bond donors (Lipinski definition) is 4. The molecule has 1 aliphatic heterocycles. The number of hydrogen-bond acceptors (Lipinski definition) is 7. The number of carboxylic acid groups (broad SMARTS) is 1. The van der Waals surface area contributed by atoms with Crippen molar-refractivity contribution in [3.8, 4) is 0 Å². The van der Waals surface area contributed by atoms with Gasteiger partial charge in [-0.3, -0.25) is 9.52 Å². The minimum atomic E-state index is -5.08. The third kappa shape index (κ3) is 9.32. The molecule has 10 nitrogen and oxygen atoms in total. The van der Waals surface area contributed by atoms with Gasteiger partial charge in [-0.15, -0.1) is 0 Å². The second kappa shape index (κ2) is 14.0. The van der Waals surface area contributed by atoms with E-state index in [0.717, 1.165) is 57.4 Å². The quantitative estimate of drug-likeness (QED) is 0.373. The number of aromatic nitrogens is 1. The SMILES string of the molecule is CC(C)c1ccc(S(=O)(=O)Nc2cnc(N3CCNCC3)c(C(=O)NC3CCCCC3)c2)cc1.O=C(O)C(F)(F)F. The summed E-state index contributed by atoms with van der Waals surface area (Å²) in [5, 5.41) is 13.6. The predicted octanol–water partition coefficient (Wildman–Crippen LogP) is 4.11. The lowest BCUT2D eigenvalue weighted by Crippen LogP contribution is -2.45. The maximum absolute atomic E-state index is 13.3. The van der Waals surface area contributed by atoms with Gasteiger partial charge in [0.25, 0.3) is 15.9 Å². The van der Waals surface area contributed by atoms with Crippen LogP contribution in [-0.4, -0.2) is 68.8 Å². The summed E-state index contributed by atoms with van der Waals surface area (Å²) in [6, 6.07) is 8.63. The van der Waals surface area contributed by atoms with Gasteiger partial charge in [0.1, 0.15) is 5.82 Å². The van der Waals surface area contributed by atoms with Gasteiger partial charge in [-0.2, -0.15) is 13.2 Å². The molecule has 1 saturated heterocycles. The number of carboxylic acids is 1. The zero-order valence-corrected chi connectivity index (χ0v) is 23.8. The number of rotatable bonds is 7. The summed E-state index contributed by atoms with van der Waals surface area (Å²) in [7, 11) is -3.81. The highest BCUT2D eigenvalue weighted by atomic mass is 32.2. The molecule has 4 N–H and O–H groups in total. The van der Waals surface area contributed by atoms with Crippen molar-refractivity contribution in [2.45, 2.75) is 69.0 Å². The summed E-state index contributed by atoms with van der Waals surface area (Å²) in [4.78, 5) is 29.0. The third-order valence-electron chi connectivity index (χ3n) is 6.82. The van der Waals surface area contributed by atoms with Crippen LogP contribution >= 0.6 is 0 Å². The van der Waals surface area contributed by atoms with Crippen molar-refractivity contribution in [2.24, 2.45) is 0 Å². The van der Waals surface area contributed by atoms with E-state index in [0.29, 0.717) is 17.3 Å². The average molecular weight is 600 g/mol. The van der Waals surface area contributed by atoms with Crippen molar-refractivity contribution in [3.05, 3.63) is 47.7 Å². The summed E-state index contributed by atoms with van der Waals surface area (Å²) in [6.07, 6.45) is 1.79. The first-order valence-electron chi connectivity index (χ1n) is 13.5. The van der Waals surface area contributed by atoms with Crippen molar-refractivity contribution in [3.63, 3.8) is 0 Å². The number of halogens is 3. The Bertz CT molecular complexity index is 1290. The Morgan fingerprint density at radius 1 is 1.07 bits per heavy atom. The van der Waals surface area contributed by atoms with Crippen LogP contribution in [-0.2, 0) is 14.8 Å². The number of alkyl halides is 3. The first-order chi connectivity index (χ1) is 19.3. The van der Waals surface area contributed by atoms with Gasteiger partial charge in [0.2, 0.25) is 0 Å². The van der Waals surface area contributed by atoms with Gasteiger partial charge in [-0.1, -0.05) is 45.2 Å². The molecule has 2 aromatic rings. The van der Waals surface area contributed by atoms with Crippen LogP contribution in [0.4, 0.5) is 24.7 Å². The number of pyridine rings is 1. The van der Waals surface area contributed by atoms with Crippen LogP contribution in [0.25, 0.3) is 0 Å². The topological polar surface area (TPSA) is 141 Å². The third-order valence-corrected chi connectivity index (χ3v) is 8.22. The van der Waals surface area contributed by atoms with Crippen molar-refractivity contribution in [2.75, 3.05) is 35.8 Å². The highest BCUT2D eigenvalue weighted by molar-refractivity contribution is 7.92. The fourth-order valence-corrected chi connectivity index (χ4v) is 5.60. The fourth-order valence-electron chi connectivity index (χ4n) is 4.57. The van der Waals surface area contributed by atoms with Crippen LogP contribution in [0.1, 0.15) is 67.8 Å². The van der Waals surface area contributed by atoms with Crippen molar-refractivity contribution in [1.82, 2.24) is 15.6 Å². The summed E-state index contributed by atoms with van der Waals surface area (Å²) >= 11 is 0. The largest absolute Gasteiger partial charge is 0.490 e. The van der Waals surface area contributed by atoms with E-state index in [1.807, 2.05) is 12.1 Å². The number of amides is 1. The molecule has 0 bridgehead atoms. The van der Waals surface area contributed by atoms with Crippen LogP contribution in [0.15, 0.2) is 41.4 Å². The van der Waals surface area contributed by atoms with Crippen LogP contribution in [0.3, 0.4) is 0 Å². The number of carbonyl (C=O) groups excluding carboxylic acids is 1. The van der Waals surface area contributed by atoms with Crippen LogP contribution in [0, 0.1) is 0 Å². The molecule has 0 radical (unpaired) electrons. The van der Waals surface area contributed by atoms with E-state index >= 15 is 0 Å². The smallest absolute Gasteiger partial charge is 0.475 e. The summed E-state index contributed by atoms with van der Waals surface area (Å²) in [5.74, 6) is -2.04. The molecule has 0 unspecified atom stereocenters. The Hall–Kier alpha value is -3.39. The van der Waals surface area contributed by atoms with Gasteiger partial charge in [-0.25, -0.2) is 18.2 Å². The molecule has 0 atom stereocenters. The number of benzene rings is 1. The zero-order chi connectivity index (χ0) is 30.2. The summed E-state index contributed by atoms with van der Waals surface area (Å²) in [5.41, 5.74) is 1.76.